The lowest BCUT2D eigenvalue weighted by Gasteiger charge is -2.11. The maximum absolute atomic E-state index is 13.8. The first kappa shape index (κ1) is 20.2. The highest BCUT2D eigenvalue weighted by Crippen LogP contribution is 2.59. The predicted molar refractivity (Wildman–Crippen MR) is 134 cm³/mol. The molecule has 1 saturated heterocycles. The van der Waals surface area contributed by atoms with Gasteiger partial charge >= 0.3 is 0 Å². The van der Waals surface area contributed by atoms with E-state index in [0.717, 1.165) is 32.8 Å². The summed E-state index contributed by atoms with van der Waals surface area (Å²) >= 11 is 0. The van der Waals surface area contributed by atoms with Crippen LogP contribution in [0, 0.1) is 6.92 Å². The van der Waals surface area contributed by atoms with E-state index in [2.05, 4.69) is 30.3 Å². The topological polar surface area (TPSA) is 37.1 Å². The van der Waals surface area contributed by atoms with Crippen LogP contribution >= 0.6 is 0 Å². The fraction of sp³-hybridized carbons (Fsp3) is 0.103. The van der Waals surface area contributed by atoms with Gasteiger partial charge in [-0.25, -0.2) is 8.42 Å². The maximum Gasteiger partial charge on any atom is 0.244 e. The van der Waals surface area contributed by atoms with Crippen LogP contribution in [0.2, 0.25) is 0 Å². The monoisotopic (exact) mass is 449 g/mol. The van der Waals surface area contributed by atoms with Gasteiger partial charge in [-0.1, -0.05) is 96.6 Å². The summed E-state index contributed by atoms with van der Waals surface area (Å²) in [5.74, 6) is 0. The van der Waals surface area contributed by atoms with E-state index >= 15 is 0 Å². The van der Waals surface area contributed by atoms with Crippen LogP contribution in [-0.4, -0.2) is 12.7 Å². The van der Waals surface area contributed by atoms with Crippen LogP contribution in [0.1, 0.15) is 28.8 Å². The Kier molecular flexibility index (Phi) is 4.61. The van der Waals surface area contributed by atoms with Gasteiger partial charge in [0.05, 0.1) is 17.0 Å². The van der Waals surface area contributed by atoms with Gasteiger partial charge in [0.15, 0.2) is 0 Å². The number of benzene rings is 5. The van der Waals surface area contributed by atoms with E-state index in [1.165, 1.54) is 5.39 Å². The summed E-state index contributed by atoms with van der Waals surface area (Å²) in [5.41, 5.74) is 3.10. The second-order valence-corrected chi connectivity index (χ2v) is 10.5. The number of hydrogen-bond donors (Lipinski definition) is 0. The second-order valence-electron chi connectivity index (χ2n) is 8.68. The first-order chi connectivity index (χ1) is 16.1. The summed E-state index contributed by atoms with van der Waals surface area (Å²) in [6.07, 6.45) is 0. The van der Waals surface area contributed by atoms with Gasteiger partial charge in [0.25, 0.3) is 0 Å². The molecule has 0 radical (unpaired) electrons. The molecule has 5 aromatic carbocycles. The van der Waals surface area contributed by atoms with E-state index in [9.17, 15) is 8.42 Å². The highest BCUT2D eigenvalue weighted by molar-refractivity contribution is 7.89. The molecule has 0 aliphatic carbocycles. The molecular formula is C29H23NO2S. The van der Waals surface area contributed by atoms with E-state index in [1.54, 1.807) is 16.4 Å². The van der Waals surface area contributed by atoms with Gasteiger partial charge in [-0.3, -0.25) is 0 Å². The van der Waals surface area contributed by atoms with Gasteiger partial charge < -0.3 is 0 Å². The van der Waals surface area contributed by atoms with Crippen molar-refractivity contribution >= 4 is 31.6 Å². The quantitative estimate of drug-likeness (QED) is 0.224. The number of rotatable bonds is 4. The third kappa shape index (κ3) is 3.26. The Bertz CT molecular complexity index is 1590. The van der Waals surface area contributed by atoms with Crippen molar-refractivity contribution < 1.29 is 8.42 Å². The van der Waals surface area contributed by atoms with Crippen molar-refractivity contribution in [1.82, 2.24) is 4.31 Å². The number of nitrogens with zero attached hydrogens (tertiary/aromatic N) is 1. The summed E-state index contributed by atoms with van der Waals surface area (Å²) in [7, 11) is -3.67. The van der Waals surface area contributed by atoms with Crippen LogP contribution in [0.5, 0.6) is 0 Å². The fourth-order valence-electron chi connectivity index (χ4n) is 4.96. The maximum atomic E-state index is 13.8. The number of aryl methyl sites for hydroxylation is 1. The van der Waals surface area contributed by atoms with Crippen LogP contribution in [0.25, 0.3) is 21.5 Å². The van der Waals surface area contributed by atoms with Crippen molar-refractivity contribution in [2.75, 3.05) is 0 Å². The van der Waals surface area contributed by atoms with Gasteiger partial charge in [0.2, 0.25) is 10.0 Å². The Labute approximate surface area is 194 Å². The van der Waals surface area contributed by atoms with Crippen LogP contribution in [0.4, 0.5) is 0 Å². The van der Waals surface area contributed by atoms with Gasteiger partial charge in [0, 0.05) is 0 Å². The summed E-state index contributed by atoms with van der Waals surface area (Å²) in [6.45, 7) is 1.96. The molecule has 0 saturated carbocycles. The molecule has 0 aromatic heterocycles. The summed E-state index contributed by atoms with van der Waals surface area (Å²) < 4.78 is 29.3. The van der Waals surface area contributed by atoms with Crippen molar-refractivity contribution in [2.45, 2.75) is 23.9 Å². The van der Waals surface area contributed by atoms with Gasteiger partial charge in [-0.15, -0.1) is 0 Å². The average molecular weight is 450 g/mol. The molecule has 162 valence electrons. The summed E-state index contributed by atoms with van der Waals surface area (Å²) in [5, 5.41) is 4.56. The standard InChI is InChI=1S/C29H23NO2S/c1-20-15-17-23(18-16-20)33(31,32)30-28(21-9-3-2-4-10-21)29(30)27-19-22-11-5-6-12-24(22)25-13-7-8-14-26(25)27/h2-19,28-29H,1H3/t28-,29+,30?/m1/s1. The number of fused-ring (bicyclic) bond motifs is 3. The molecule has 1 fully saturated rings. The molecule has 5 aromatic rings. The molecule has 1 heterocycles. The number of sulfonamides is 1. The SMILES string of the molecule is Cc1ccc(S(=O)(=O)N2[C@H](c3ccccc3)[C@@H]2c2cc3ccccc3c3ccccc23)cc1. The lowest BCUT2D eigenvalue weighted by atomic mass is 9.94. The van der Waals surface area contributed by atoms with Crippen LogP contribution in [-0.2, 0) is 10.0 Å². The molecule has 3 nitrogen and oxygen atoms in total. The lowest BCUT2D eigenvalue weighted by Crippen LogP contribution is -2.13. The Morgan fingerprint density at radius 1 is 0.636 bits per heavy atom. The smallest absolute Gasteiger partial charge is 0.207 e. The zero-order chi connectivity index (χ0) is 22.6. The highest BCUT2D eigenvalue weighted by atomic mass is 32.2. The fourth-order valence-corrected chi connectivity index (χ4v) is 6.69. The van der Waals surface area contributed by atoms with Gasteiger partial charge in [0.1, 0.15) is 0 Å². The molecule has 1 aliphatic heterocycles. The molecule has 33 heavy (non-hydrogen) atoms. The molecule has 4 heteroatoms. The Morgan fingerprint density at radius 2 is 1.24 bits per heavy atom. The third-order valence-corrected chi connectivity index (χ3v) is 8.49. The van der Waals surface area contributed by atoms with E-state index in [-0.39, 0.29) is 12.1 Å². The van der Waals surface area contributed by atoms with Crippen molar-refractivity contribution in [3.63, 3.8) is 0 Å². The van der Waals surface area contributed by atoms with Crippen molar-refractivity contribution in [3.8, 4) is 0 Å². The molecule has 1 aliphatic rings. The van der Waals surface area contributed by atoms with Crippen LogP contribution in [0.3, 0.4) is 0 Å². The molecule has 3 atom stereocenters. The minimum Gasteiger partial charge on any atom is -0.207 e. The van der Waals surface area contributed by atoms with Crippen molar-refractivity contribution in [1.29, 1.82) is 0 Å². The van der Waals surface area contributed by atoms with Crippen LogP contribution in [0.15, 0.2) is 114 Å². The first-order valence-corrected chi connectivity index (χ1v) is 12.6. The van der Waals surface area contributed by atoms with Gasteiger partial charge in [-0.2, -0.15) is 4.31 Å². The highest BCUT2D eigenvalue weighted by Gasteiger charge is 2.57. The Hall–Kier alpha value is -3.47. The lowest BCUT2D eigenvalue weighted by molar-refractivity contribution is 0.547. The van der Waals surface area contributed by atoms with E-state index in [1.807, 2.05) is 73.7 Å². The third-order valence-electron chi connectivity index (χ3n) is 6.61. The molecule has 0 N–H and O–H groups in total. The minimum atomic E-state index is -3.67. The van der Waals surface area contributed by atoms with E-state index < -0.39 is 10.0 Å². The molecule has 0 bridgehead atoms. The molecule has 0 amide bonds. The molecular weight excluding hydrogens is 426 g/mol. The largest absolute Gasteiger partial charge is 0.244 e. The van der Waals surface area contributed by atoms with E-state index in [4.69, 9.17) is 0 Å². The normalized spacial score (nSPS) is 20.2. The predicted octanol–water partition coefficient (Wildman–Crippen LogP) is 6.79. The zero-order valence-corrected chi connectivity index (χ0v) is 19.0. The second kappa shape index (κ2) is 7.55. The Morgan fingerprint density at radius 3 is 1.97 bits per heavy atom. The summed E-state index contributed by atoms with van der Waals surface area (Å²) in [4.78, 5) is 0.335. The molecule has 6 rings (SSSR count). The minimum absolute atomic E-state index is 0.234. The number of hydrogen-bond acceptors (Lipinski definition) is 2. The Balaban J connectivity index is 1.57. The van der Waals surface area contributed by atoms with Crippen molar-refractivity contribution in [2.24, 2.45) is 0 Å². The molecule has 1 unspecified atom stereocenters. The van der Waals surface area contributed by atoms with Crippen molar-refractivity contribution in [3.05, 3.63) is 126 Å². The zero-order valence-electron chi connectivity index (χ0n) is 18.2. The van der Waals surface area contributed by atoms with Crippen LogP contribution < -0.4 is 0 Å². The molecule has 0 spiro atoms. The summed E-state index contributed by atoms with van der Waals surface area (Å²) in [6, 6.07) is 35.4. The average Bonchev–Trinajstić information content (AvgIpc) is 3.61. The first-order valence-electron chi connectivity index (χ1n) is 11.1. The van der Waals surface area contributed by atoms with Gasteiger partial charge in [-0.05, 0) is 57.8 Å². The van der Waals surface area contributed by atoms with E-state index in [0.29, 0.717) is 4.90 Å².